The van der Waals surface area contributed by atoms with Crippen LogP contribution in [0.25, 0.3) is 0 Å². The zero-order valence-electron chi connectivity index (χ0n) is 16.5. The van der Waals surface area contributed by atoms with Gasteiger partial charge in [0, 0.05) is 56.7 Å². The van der Waals surface area contributed by atoms with Crippen molar-refractivity contribution in [1.29, 1.82) is 0 Å². The van der Waals surface area contributed by atoms with Crippen molar-refractivity contribution in [2.45, 2.75) is 38.1 Å². The summed E-state index contributed by atoms with van der Waals surface area (Å²) in [7, 11) is 0. The molecule has 0 radical (unpaired) electrons. The summed E-state index contributed by atoms with van der Waals surface area (Å²) in [6, 6.07) is 15.4. The van der Waals surface area contributed by atoms with E-state index < -0.39 is 0 Å². The summed E-state index contributed by atoms with van der Waals surface area (Å²) >= 11 is 0. The van der Waals surface area contributed by atoms with Gasteiger partial charge in [-0.3, -0.25) is 14.4 Å². The van der Waals surface area contributed by atoms with Gasteiger partial charge in [0.1, 0.15) is 0 Å². The van der Waals surface area contributed by atoms with Crippen LogP contribution in [0.3, 0.4) is 0 Å². The minimum atomic E-state index is -0.0802. The Labute approximate surface area is 170 Å². The number of nitrogens with one attached hydrogen (secondary N) is 1. The number of pyridine rings is 1. The molecule has 3 heterocycles. The van der Waals surface area contributed by atoms with E-state index in [-0.39, 0.29) is 36.1 Å². The van der Waals surface area contributed by atoms with Crippen molar-refractivity contribution in [2.24, 2.45) is 5.92 Å². The number of benzene rings is 1. The molecule has 6 heteroatoms. The van der Waals surface area contributed by atoms with E-state index in [4.69, 9.17) is 0 Å². The third kappa shape index (κ3) is 4.58. The Hall–Kier alpha value is -2.89. The van der Waals surface area contributed by atoms with Crippen molar-refractivity contribution >= 4 is 11.8 Å². The smallest absolute Gasteiger partial charge is 0.250 e. The average molecular weight is 393 g/mol. The van der Waals surface area contributed by atoms with Gasteiger partial charge in [0.05, 0.1) is 0 Å². The molecule has 0 unspecified atom stereocenters. The van der Waals surface area contributed by atoms with E-state index in [2.05, 4.69) is 5.32 Å². The fourth-order valence-corrected chi connectivity index (χ4v) is 4.56. The van der Waals surface area contributed by atoms with Gasteiger partial charge in [-0.1, -0.05) is 36.4 Å². The summed E-state index contributed by atoms with van der Waals surface area (Å²) in [5, 5.41) is 2.90. The Kier molecular flexibility index (Phi) is 5.79. The van der Waals surface area contributed by atoms with E-state index in [0.29, 0.717) is 32.1 Å². The molecule has 152 valence electrons. The van der Waals surface area contributed by atoms with Crippen molar-refractivity contribution in [3.05, 3.63) is 70.1 Å². The van der Waals surface area contributed by atoms with Gasteiger partial charge in [0.25, 0.3) is 5.56 Å². The maximum atomic E-state index is 12.7. The van der Waals surface area contributed by atoms with Crippen LogP contribution >= 0.6 is 0 Å². The lowest BCUT2D eigenvalue weighted by Crippen LogP contribution is -2.49. The van der Waals surface area contributed by atoms with Crippen LogP contribution in [0.15, 0.2) is 53.3 Å². The fraction of sp³-hybridized carbons (Fsp3) is 0.435. The van der Waals surface area contributed by atoms with E-state index in [1.807, 2.05) is 45.9 Å². The van der Waals surface area contributed by atoms with Gasteiger partial charge in [-0.2, -0.15) is 0 Å². The molecule has 2 aliphatic heterocycles. The number of hydrogen-bond acceptors (Lipinski definition) is 3. The van der Waals surface area contributed by atoms with Crippen LogP contribution in [0.4, 0.5) is 0 Å². The molecule has 2 aliphatic rings. The lowest BCUT2D eigenvalue weighted by atomic mass is 9.83. The number of hydrogen-bond donors (Lipinski definition) is 1. The van der Waals surface area contributed by atoms with Gasteiger partial charge >= 0.3 is 0 Å². The van der Waals surface area contributed by atoms with Crippen LogP contribution in [-0.2, 0) is 22.6 Å². The first-order valence-corrected chi connectivity index (χ1v) is 10.4. The molecule has 1 aromatic heterocycles. The van der Waals surface area contributed by atoms with Crippen molar-refractivity contribution in [3.8, 4) is 0 Å². The van der Waals surface area contributed by atoms with Crippen LogP contribution < -0.4 is 10.9 Å². The SMILES string of the molecule is O=C(CCC(=O)N1C[C@H]2C[C@H](C1)c1cccc(=O)n1C2)NCCc1ccccc1. The normalized spacial score (nSPS) is 20.1. The molecule has 4 rings (SSSR count). The minimum Gasteiger partial charge on any atom is -0.356 e. The van der Waals surface area contributed by atoms with Crippen molar-refractivity contribution in [3.63, 3.8) is 0 Å². The van der Waals surface area contributed by atoms with Crippen LogP contribution in [-0.4, -0.2) is 40.9 Å². The molecule has 2 aromatic rings. The van der Waals surface area contributed by atoms with Gasteiger partial charge in [-0.25, -0.2) is 0 Å². The van der Waals surface area contributed by atoms with Crippen molar-refractivity contribution in [1.82, 2.24) is 14.8 Å². The second-order valence-corrected chi connectivity index (χ2v) is 8.08. The molecule has 1 fully saturated rings. The van der Waals surface area contributed by atoms with E-state index in [9.17, 15) is 14.4 Å². The van der Waals surface area contributed by atoms with E-state index in [1.165, 1.54) is 5.56 Å². The third-order valence-corrected chi connectivity index (χ3v) is 5.98. The maximum absolute atomic E-state index is 12.7. The predicted octanol–water partition coefficient (Wildman–Crippen LogP) is 1.93. The molecule has 2 atom stereocenters. The van der Waals surface area contributed by atoms with Gasteiger partial charge in [0.2, 0.25) is 11.8 Å². The number of rotatable bonds is 6. The molecule has 2 bridgehead atoms. The van der Waals surface area contributed by atoms with Crippen molar-refractivity contribution in [2.75, 3.05) is 19.6 Å². The number of piperidine rings is 1. The maximum Gasteiger partial charge on any atom is 0.250 e. The molecule has 0 saturated carbocycles. The number of nitrogens with zero attached hydrogens (tertiary/aromatic N) is 2. The molecule has 0 spiro atoms. The number of likely N-dealkylation sites (tertiary alicyclic amines) is 1. The third-order valence-electron chi connectivity index (χ3n) is 5.98. The summed E-state index contributed by atoms with van der Waals surface area (Å²) in [6.07, 6.45) is 2.26. The quantitative estimate of drug-likeness (QED) is 0.815. The Morgan fingerprint density at radius 1 is 0.966 bits per heavy atom. The summed E-state index contributed by atoms with van der Waals surface area (Å²) in [5.74, 6) is 0.470. The highest BCUT2D eigenvalue weighted by Gasteiger charge is 2.36. The second-order valence-electron chi connectivity index (χ2n) is 8.08. The van der Waals surface area contributed by atoms with E-state index in [1.54, 1.807) is 12.1 Å². The van der Waals surface area contributed by atoms with Gasteiger partial charge < -0.3 is 14.8 Å². The first kappa shape index (κ1) is 19.4. The number of amides is 2. The molecular weight excluding hydrogens is 366 g/mol. The highest BCUT2D eigenvalue weighted by molar-refractivity contribution is 5.83. The molecule has 29 heavy (non-hydrogen) atoms. The van der Waals surface area contributed by atoms with E-state index in [0.717, 1.165) is 18.5 Å². The topological polar surface area (TPSA) is 71.4 Å². The standard InChI is InChI=1S/C23H27N3O3/c27-21(24-12-11-17-5-2-1-3-6-17)9-10-22(28)25-14-18-13-19(16-25)20-7-4-8-23(29)26(20)15-18/h1-8,18-19H,9-16H2,(H,24,27)/t18-,19-/m1/s1. The molecule has 6 nitrogen and oxygen atoms in total. The number of carbonyl (C=O) groups excluding carboxylic acids is 2. The largest absolute Gasteiger partial charge is 0.356 e. The lowest BCUT2D eigenvalue weighted by Gasteiger charge is -2.42. The highest BCUT2D eigenvalue weighted by atomic mass is 16.2. The number of fused-ring (bicyclic) bond motifs is 4. The van der Waals surface area contributed by atoms with Crippen molar-refractivity contribution < 1.29 is 9.59 Å². The monoisotopic (exact) mass is 393 g/mol. The lowest BCUT2D eigenvalue weighted by molar-refractivity contribution is -0.136. The highest BCUT2D eigenvalue weighted by Crippen LogP contribution is 2.35. The van der Waals surface area contributed by atoms with Crippen LogP contribution in [0, 0.1) is 5.92 Å². The molecule has 0 aliphatic carbocycles. The fourth-order valence-electron chi connectivity index (χ4n) is 4.56. The van der Waals surface area contributed by atoms with Crippen LogP contribution in [0.2, 0.25) is 0 Å². The molecule has 2 amide bonds. The number of aromatic nitrogens is 1. The summed E-state index contributed by atoms with van der Waals surface area (Å²) in [4.78, 5) is 38.8. The zero-order chi connectivity index (χ0) is 20.2. The van der Waals surface area contributed by atoms with Crippen LogP contribution in [0.5, 0.6) is 0 Å². The Morgan fingerprint density at radius 3 is 2.62 bits per heavy atom. The Bertz CT molecular complexity index is 938. The molecule has 1 aromatic carbocycles. The Morgan fingerprint density at radius 2 is 1.79 bits per heavy atom. The van der Waals surface area contributed by atoms with Gasteiger partial charge in [-0.05, 0) is 30.4 Å². The van der Waals surface area contributed by atoms with E-state index >= 15 is 0 Å². The van der Waals surface area contributed by atoms with Gasteiger partial charge in [0.15, 0.2) is 0 Å². The zero-order valence-corrected chi connectivity index (χ0v) is 16.5. The number of carbonyl (C=O) groups is 2. The summed E-state index contributed by atoms with van der Waals surface area (Å²) in [6.45, 7) is 2.56. The van der Waals surface area contributed by atoms with Gasteiger partial charge in [-0.15, -0.1) is 0 Å². The molecular formula is C23H27N3O3. The molecule has 1 N–H and O–H groups in total. The average Bonchev–Trinajstić information content (AvgIpc) is 2.73. The first-order valence-electron chi connectivity index (χ1n) is 10.4. The summed E-state index contributed by atoms with van der Waals surface area (Å²) in [5.41, 5.74) is 2.26. The molecule has 1 saturated heterocycles. The minimum absolute atomic E-state index is 0.0321. The Balaban J connectivity index is 1.25. The van der Waals surface area contributed by atoms with Crippen LogP contribution in [0.1, 0.15) is 36.4 Å². The second kappa shape index (κ2) is 8.64. The summed E-state index contributed by atoms with van der Waals surface area (Å²) < 4.78 is 1.86. The predicted molar refractivity (Wildman–Crippen MR) is 111 cm³/mol. The first-order chi connectivity index (χ1) is 14.1.